The van der Waals surface area contributed by atoms with Crippen molar-refractivity contribution in [2.75, 3.05) is 18.0 Å². The van der Waals surface area contributed by atoms with Gasteiger partial charge >= 0.3 is 0 Å². The van der Waals surface area contributed by atoms with Gasteiger partial charge in [0.05, 0.1) is 0 Å². The van der Waals surface area contributed by atoms with Crippen molar-refractivity contribution in [2.45, 2.75) is 12.5 Å². The maximum atomic E-state index is 5.89. The molecule has 0 aliphatic carbocycles. The smallest absolute Gasteiger partial charge is 0.180 e. The molecule has 0 radical (unpaired) electrons. The van der Waals surface area contributed by atoms with Gasteiger partial charge in [-0.05, 0) is 6.42 Å². The molecule has 5 heteroatoms. The summed E-state index contributed by atoms with van der Waals surface area (Å²) in [7, 11) is 0. The largest absolute Gasteiger partial charge is 0.352 e. The van der Waals surface area contributed by atoms with Crippen LogP contribution >= 0.6 is 0 Å². The highest BCUT2D eigenvalue weighted by Gasteiger charge is 2.22. The predicted molar refractivity (Wildman–Crippen MR) is 57.8 cm³/mol. The van der Waals surface area contributed by atoms with Crippen LogP contribution in [0.15, 0.2) is 24.8 Å². The first-order valence-electron chi connectivity index (χ1n) is 5.13. The van der Waals surface area contributed by atoms with E-state index in [0.717, 1.165) is 31.0 Å². The fourth-order valence-electron chi connectivity index (χ4n) is 2.04. The minimum atomic E-state index is 0.266. The molecule has 3 heterocycles. The highest BCUT2D eigenvalue weighted by molar-refractivity contribution is 5.64. The number of hydrogen-bond donors (Lipinski definition) is 1. The molecule has 1 unspecified atom stereocenters. The fourth-order valence-corrected chi connectivity index (χ4v) is 2.04. The third-order valence-electron chi connectivity index (χ3n) is 2.82. The second-order valence-electron chi connectivity index (χ2n) is 3.90. The number of rotatable bonds is 1. The second kappa shape index (κ2) is 3.20. The Kier molecular flexibility index (Phi) is 1.85. The highest BCUT2D eigenvalue weighted by Crippen LogP contribution is 2.20. The SMILES string of the molecule is NC1CCN(c2nccn3ccnc23)C1. The number of nitrogens with two attached hydrogens (primary N) is 1. The molecule has 2 aromatic heterocycles. The van der Waals surface area contributed by atoms with E-state index in [1.165, 1.54) is 0 Å². The lowest BCUT2D eigenvalue weighted by molar-refractivity contribution is 0.751. The van der Waals surface area contributed by atoms with Gasteiger partial charge in [-0.3, -0.25) is 0 Å². The molecule has 3 rings (SSSR count). The van der Waals surface area contributed by atoms with Crippen LogP contribution in [0.25, 0.3) is 5.65 Å². The van der Waals surface area contributed by atoms with Gasteiger partial charge in [0.1, 0.15) is 0 Å². The van der Waals surface area contributed by atoms with E-state index >= 15 is 0 Å². The summed E-state index contributed by atoms with van der Waals surface area (Å²) in [5.74, 6) is 0.940. The first-order chi connectivity index (χ1) is 7.34. The molecule has 15 heavy (non-hydrogen) atoms. The normalized spacial score (nSPS) is 21.4. The monoisotopic (exact) mass is 203 g/mol. The van der Waals surface area contributed by atoms with E-state index in [2.05, 4.69) is 14.9 Å². The zero-order valence-electron chi connectivity index (χ0n) is 8.37. The van der Waals surface area contributed by atoms with Crippen molar-refractivity contribution < 1.29 is 0 Å². The molecular weight excluding hydrogens is 190 g/mol. The van der Waals surface area contributed by atoms with Crippen molar-refractivity contribution in [3.63, 3.8) is 0 Å². The molecular formula is C10H13N5. The lowest BCUT2D eigenvalue weighted by atomic mass is 10.3. The van der Waals surface area contributed by atoms with E-state index in [1.54, 1.807) is 12.4 Å². The number of nitrogens with zero attached hydrogens (tertiary/aromatic N) is 4. The van der Waals surface area contributed by atoms with Crippen LogP contribution in [0.2, 0.25) is 0 Å². The maximum Gasteiger partial charge on any atom is 0.180 e. The van der Waals surface area contributed by atoms with E-state index in [0.29, 0.717) is 0 Å². The van der Waals surface area contributed by atoms with Crippen molar-refractivity contribution >= 4 is 11.5 Å². The van der Waals surface area contributed by atoms with Crippen LogP contribution in [0, 0.1) is 0 Å². The van der Waals surface area contributed by atoms with Gasteiger partial charge in [0.25, 0.3) is 0 Å². The molecule has 1 atom stereocenters. The van der Waals surface area contributed by atoms with Gasteiger partial charge in [-0.2, -0.15) is 0 Å². The summed E-state index contributed by atoms with van der Waals surface area (Å²) in [4.78, 5) is 10.9. The van der Waals surface area contributed by atoms with Gasteiger partial charge in [-0.1, -0.05) is 0 Å². The summed E-state index contributed by atoms with van der Waals surface area (Å²) < 4.78 is 1.98. The van der Waals surface area contributed by atoms with Crippen LogP contribution in [0.1, 0.15) is 6.42 Å². The van der Waals surface area contributed by atoms with E-state index in [-0.39, 0.29) is 6.04 Å². The Bertz CT molecular complexity index is 477. The third kappa shape index (κ3) is 1.35. The zero-order valence-corrected chi connectivity index (χ0v) is 8.37. The third-order valence-corrected chi connectivity index (χ3v) is 2.82. The topological polar surface area (TPSA) is 59.5 Å². The molecule has 0 saturated carbocycles. The van der Waals surface area contributed by atoms with Crippen molar-refractivity contribution in [3.8, 4) is 0 Å². The van der Waals surface area contributed by atoms with Gasteiger partial charge in [-0.15, -0.1) is 0 Å². The molecule has 2 N–H and O–H groups in total. The zero-order chi connectivity index (χ0) is 10.3. The first kappa shape index (κ1) is 8.67. The average Bonchev–Trinajstić information content (AvgIpc) is 2.84. The quantitative estimate of drug-likeness (QED) is 0.722. The second-order valence-corrected chi connectivity index (χ2v) is 3.90. The fraction of sp³-hybridized carbons (Fsp3) is 0.400. The number of hydrogen-bond acceptors (Lipinski definition) is 4. The number of imidazole rings is 1. The van der Waals surface area contributed by atoms with Crippen molar-refractivity contribution in [1.82, 2.24) is 14.4 Å². The van der Waals surface area contributed by atoms with E-state index in [9.17, 15) is 0 Å². The molecule has 0 spiro atoms. The molecule has 78 valence electrons. The highest BCUT2D eigenvalue weighted by atomic mass is 15.2. The van der Waals surface area contributed by atoms with Gasteiger partial charge in [0.15, 0.2) is 11.5 Å². The van der Waals surface area contributed by atoms with E-state index in [1.807, 2.05) is 16.8 Å². The lowest BCUT2D eigenvalue weighted by Gasteiger charge is -2.16. The Morgan fingerprint density at radius 3 is 2.80 bits per heavy atom. The van der Waals surface area contributed by atoms with Crippen LogP contribution < -0.4 is 10.6 Å². The lowest BCUT2D eigenvalue weighted by Crippen LogP contribution is -2.27. The molecule has 2 aromatic rings. The van der Waals surface area contributed by atoms with Gasteiger partial charge in [0.2, 0.25) is 0 Å². The van der Waals surface area contributed by atoms with Gasteiger partial charge in [0, 0.05) is 43.9 Å². The number of fused-ring (bicyclic) bond motifs is 1. The van der Waals surface area contributed by atoms with Crippen molar-refractivity contribution in [1.29, 1.82) is 0 Å². The summed E-state index contributed by atoms with van der Waals surface area (Å²) in [6.07, 6.45) is 8.45. The molecule has 5 nitrogen and oxygen atoms in total. The molecule has 0 bridgehead atoms. The van der Waals surface area contributed by atoms with Crippen LogP contribution in [0.4, 0.5) is 5.82 Å². The van der Waals surface area contributed by atoms with E-state index < -0.39 is 0 Å². The predicted octanol–water partition coefficient (Wildman–Crippen LogP) is 0.267. The van der Waals surface area contributed by atoms with Crippen LogP contribution in [-0.2, 0) is 0 Å². The Balaban J connectivity index is 2.06. The standard InChI is InChI=1S/C10H13N5/c11-8-1-4-15(7-8)10-9-12-2-5-14(9)6-3-13-10/h2-3,5-6,8H,1,4,7,11H2. The summed E-state index contributed by atoms with van der Waals surface area (Å²) in [6.45, 7) is 1.85. The van der Waals surface area contributed by atoms with E-state index in [4.69, 9.17) is 5.73 Å². The molecule has 1 aliphatic rings. The Morgan fingerprint density at radius 2 is 2.07 bits per heavy atom. The van der Waals surface area contributed by atoms with Crippen molar-refractivity contribution in [2.24, 2.45) is 5.73 Å². The molecule has 1 aliphatic heterocycles. The minimum Gasteiger partial charge on any atom is -0.352 e. The summed E-state index contributed by atoms with van der Waals surface area (Å²) in [5.41, 5.74) is 6.79. The van der Waals surface area contributed by atoms with Crippen LogP contribution in [0.3, 0.4) is 0 Å². The summed E-state index contributed by atoms with van der Waals surface area (Å²) >= 11 is 0. The maximum absolute atomic E-state index is 5.89. The summed E-state index contributed by atoms with van der Waals surface area (Å²) in [5, 5.41) is 0. The molecule has 1 saturated heterocycles. The number of aromatic nitrogens is 3. The Labute approximate surface area is 87.5 Å². The first-order valence-corrected chi connectivity index (χ1v) is 5.13. The van der Waals surface area contributed by atoms with Crippen LogP contribution in [-0.4, -0.2) is 33.5 Å². The van der Waals surface area contributed by atoms with Crippen molar-refractivity contribution in [3.05, 3.63) is 24.8 Å². The Morgan fingerprint density at radius 1 is 1.27 bits per heavy atom. The molecule has 0 aromatic carbocycles. The minimum absolute atomic E-state index is 0.266. The Hall–Kier alpha value is -1.62. The molecule has 1 fully saturated rings. The van der Waals surface area contributed by atoms with Gasteiger partial charge < -0.3 is 15.0 Å². The molecule has 0 amide bonds. The van der Waals surface area contributed by atoms with Gasteiger partial charge in [-0.25, -0.2) is 9.97 Å². The summed E-state index contributed by atoms with van der Waals surface area (Å²) in [6, 6.07) is 0.266. The van der Waals surface area contributed by atoms with Crippen LogP contribution in [0.5, 0.6) is 0 Å². The average molecular weight is 203 g/mol. The number of anilines is 1.